The van der Waals surface area contributed by atoms with Crippen LogP contribution in [-0.4, -0.2) is 36.2 Å². The van der Waals surface area contributed by atoms with E-state index in [4.69, 9.17) is 0 Å². The van der Waals surface area contributed by atoms with Gasteiger partial charge in [0.05, 0.1) is 0 Å². The molecule has 1 aliphatic heterocycles. The van der Waals surface area contributed by atoms with E-state index in [1.807, 2.05) is 0 Å². The number of phenols is 1. The van der Waals surface area contributed by atoms with Crippen LogP contribution in [0.1, 0.15) is 30.9 Å². The predicted molar refractivity (Wildman–Crippen MR) is 94.8 cm³/mol. The second-order valence-corrected chi connectivity index (χ2v) is 6.57. The van der Waals surface area contributed by atoms with Gasteiger partial charge in [-0.05, 0) is 30.9 Å². The minimum Gasteiger partial charge on any atom is -0.505 e. The molecule has 1 saturated carbocycles. The number of rotatable bonds is 3. The van der Waals surface area contributed by atoms with Crippen LogP contribution in [0.4, 0.5) is 4.39 Å². The summed E-state index contributed by atoms with van der Waals surface area (Å²) >= 11 is 3.50. The fraction of sp³-hybridized carbons (Fsp3) is 0.600. The zero-order valence-electron chi connectivity index (χ0n) is 12.2. The highest BCUT2D eigenvalue weighted by Gasteiger charge is 2.36. The summed E-state index contributed by atoms with van der Waals surface area (Å²) in [6.45, 7) is 3.81. The lowest BCUT2D eigenvalue weighted by atomic mass is 9.76. The van der Waals surface area contributed by atoms with Crippen molar-refractivity contribution in [1.29, 1.82) is 0 Å². The highest BCUT2D eigenvalue weighted by molar-refractivity contribution is 9.10. The Bertz CT molecular complexity index is 497. The molecule has 1 aromatic carbocycles. The van der Waals surface area contributed by atoms with Gasteiger partial charge in [-0.15, -0.1) is 24.8 Å². The lowest BCUT2D eigenvalue weighted by Gasteiger charge is -2.43. The number of hydrogen-bond acceptors (Lipinski definition) is 3. The Balaban J connectivity index is 0.00000121. The first-order valence-electron chi connectivity index (χ1n) is 7.30. The van der Waals surface area contributed by atoms with Crippen LogP contribution in [0.2, 0.25) is 0 Å². The van der Waals surface area contributed by atoms with Crippen molar-refractivity contribution in [2.75, 3.05) is 26.2 Å². The van der Waals surface area contributed by atoms with Gasteiger partial charge in [0.1, 0.15) is 0 Å². The molecule has 0 bridgehead atoms. The first-order valence-corrected chi connectivity index (χ1v) is 8.09. The Morgan fingerprint density at radius 2 is 1.86 bits per heavy atom. The lowest BCUT2D eigenvalue weighted by molar-refractivity contribution is 0.0810. The van der Waals surface area contributed by atoms with Gasteiger partial charge in [0.25, 0.3) is 0 Å². The molecule has 1 saturated heterocycles. The Morgan fingerprint density at radius 1 is 1.23 bits per heavy atom. The van der Waals surface area contributed by atoms with Gasteiger partial charge in [0.2, 0.25) is 0 Å². The Labute approximate surface area is 151 Å². The summed E-state index contributed by atoms with van der Waals surface area (Å²) in [7, 11) is 0. The molecule has 2 N–H and O–H groups in total. The molecule has 1 atom stereocenters. The van der Waals surface area contributed by atoms with Crippen molar-refractivity contribution in [2.45, 2.75) is 25.3 Å². The monoisotopic (exact) mass is 414 g/mol. The van der Waals surface area contributed by atoms with Crippen LogP contribution in [0.3, 0.4) is 0 Å². The Hall–Kier alpha value is -0.0700. The summed E-state index contributed by atoms with van der Waals surface area (Å²) in [5.41, 5.74) is 0.733. The third-order valence-corrected chi connectivity index (χ3v) is 5.24. The van der Waals surface area contributed by atoms with Crippen LogP contribution >= 0.6 is 40.7 Å². The Morgan fingerprint density at radius 3 is 2.41 bits per heavy atom. The van der Waals surface area contributed by atoms with Gasteiger partial charge >= 0.3 is 0 Å². The standard InChI is InChI=1S/C15H20BrFN2O.2ClH/c16-11-4-5-12(17)15(20)13(11)14(10-2-1-3-10)19-8-6-18-7-9-19;;/h4-5,10,14,18,20H,1-3,6-9H2;2*1H/t14-;;/m1../s1. The van der Waals surface area contributed by atoms with E-state index in [1.54, 1.807) is 6.07 Å². The van der Waals surface area contributed by atoms with E-state index in [2.05, 4.69) is 26.1 Å². The molecule has 0 aromatic heterocycles. The van der Waals surface area contributed by atoms with Gasteiger partial charge in [-0.1, -0.05) is 22.4 Å². The summed E-state index contributed by atoms with van der Waals surface area (Å²) in [5, 5.41) is 13.5. The number of aromatic hydroxyl groups is 1. The van der Waals surface area contributed by atoms with Crippen LogP contribution in [-0.2, 0) is 0 Å². The molecule has 3 rings (SSSR count). The van der Waals surface area contributed by atoms with Gasteiger partial charge in [-0.3, -0.25) is 4.90 Å². The second-order valence-electron chi connectivity index (χ2n) is 5.71. The topological polar surface area (TPSA) is 35.5 Å². The maximum Gasteiger partial charge on any atom is 0.165 e. The molecule has 7 heteroatoms. The summed E-state index contributed by atoms with van der Waals surface area (Å²) in [4.78, 5) is 2.39. The summed E-state index contributed by atoms with van der Waals surface area (Å²) in [6, 6.07) is 3.15. The average Bonchev–Trinajstić information content (AvgIpc) is 2.41. The Kier molecular flexibility index (Phi) is 7.89. The van der Waals surface area contributed by atoms with Crippen molar-refractivity contribution >= 4 is 40.7 Å². The number of halogens is 4. The number of nitrogens with zero attached hydrogens (tertiary/aromatic N) is 1. The van der Waals surface area contributed by atoms with Crippen molar-refractivity contribution in [3.63, 3.8) is 0 Å². The molecule has 22 heavy (non-hydrogen) atoms. The number of phenolic OH excluding ortho intramolecular Hbond substituents is 1. The van der Waals surface area contributed by atoms with E-state index >= 15 is 0 Å². The highest BCUT2D eigenvalue weighted by Crippen LogP contribution is 2.47. The van der Waals surface area contributed by atoms with E-state index in [1.165, 1.54) is 12.5 Å². The fourth-order valence-corrected chi connectivity index (χ4v) is 3.82. The number of nitrogens with one attached hydrogen (secondary N) is 1. The highest BCUT2D eigenvalue weighted by atomic mass is 79.9. The van der Waals surface area contributed by atoms with Gasteiger partial charge < -0.3 is 10.4 Å². The van der Waals surface area contributed by atoms with E-state index < -0.39 is 5.82 Å². The van der Waals surface area contributed by atoms with E-state index in [0.717, 1.165) is 49.1 Å². The third-order valence-electron chi connectivity index (χ3n) is 4.55. The van der Waals surface area contributed by atoms with Crippen molar-refractivity contribution < 1.29 is 9.50 Å². The minimum absolute atomic E-state index is 0. The maximum absolute atomic E-state index is 13.8. The fourth-order valence-electron chi connectivity index (χ4n) is 3.27. The zero-order chi connectivity index (χ0) is 14.1. The third kappa shape index (κ3) is 3.88. The molecule has 1 aliphatic carbocycles. The van der Waals surface area contributed by atoms with Crippen LogP contribution in [0.25, 0.3) is 0 Å². The van der Waals surface area contributed by atoms with Gasteiger partial charge in [0.15, 0.2) is 11.6 Å². The summed E-state index contributed by atoms with van der Waals surface area (Å²) in [5.74, 6) is -0.186. The van der Waals surface area contributed by atoms with E-state index in [-0.39, 0.29) is 36.6 Å². The smallest absolute Gasteiger partial charge is 0.165 e. The molecule has 0 amide bonds. The van der Waals surface area contributed by atoms with Crippen molar-refractivity contribution in [3.8, 4) is 5.75 Å². The van der Waals surface area contributed by atoms with Crippen LogP contribution in [0.5, 0.6) is 5.75 Å². The van der Waals surface area contributed by atoms with Crippen LogP contribution in [0.15, 0.2) is 16.6 Å². The van der Waals surface area contributed by atoms with Crippen molar-refractivity contribution in [2.24, 2.45) is 5.92 Å². The molecule has 3 nitrogen and oxygen atoms in total. The molecular weight excluding hydrogens is 394 g/mol. The van der Waals surface area contributed by atoms with Crippen molar-refractivity contribution in [1.82, 2.24) is 10.2 Å². The molecule has 2 aliphatic rings. The maximum atomic E-state index is 13.8. The number of hydrogen-bond donors (Lipinski definition) is 2. The zero-order valence-corrected chi connectivity index (χ0v) is 15.4. The number of piperazine rings is 1. The van der Waals surface area contributed by atoms with Crippen LogP contribution in [0, 0.1) is 11.7 Å². The van der Waals surface area contributed by atoms with Crippen LogP contribution < -0.4 is 5.32 Å². The summed E-state index contributed by atoms with van der Waals surface area (Å²) < 4.78 is 14.6. The normalized spacial score (nSPS) is 20.5. The molecule has 0 radical (unpaired) electrons. The minimum atomic E-state index is -0.525. The first kappa shape index (κ1) is 20.0. The molecule has 0 unspecified atom stereocenters. The molecule has 0 spiro atoms. The van der Waals surface area contributed by atoms with Gasteiger partial charge in [0, 0.05) is 42.3 Å². The van der Waals surface area contributed by atoms with E-state index in [9.17, 15) is 9.50 Å². The van der Waals surface area contributed by atoms with Crippen molar-refractivity contribution in [3.05, 3.63) is 28.0 Å². The molecule has 2 fully saturated rings. The summed E-state index contributed by atoms with van der Waals surface area (Å²) in [6.07, 6.45) is 3.56. The molecule has 1 aromatic rings. The van der Waals surface area contributed by atoms with Gasteiger partial charge in [-0.25, -0.2) is 4.39 Å². The quantitative estimate of drug-likeness (QED) is 0.786. The molecule has 126 valence electrons. The lowest BCUT2D eigenvalue weighted by Crippen LogP contribution is -2.48. The number of benzene rings is 1. The predicted octanol–water partition coefficient (Wildman–Crippen LogP) is 3.88. The largest absolute Gasteiger partial charge is 0.505 e. The van der Waals surface area contributed by atoms with Gasteiger partial charge in [-0.2, -0.15) is 0 Å². The second kappa shape index (κ2) is 8.69. The average molecular weight is 416 g/mol. The molecule has 1 heterocycles. The SMILES string of the molecule is Cl.Cl.Oc1c(F)ccc(Br)c1[C@@H](C1CCC1)N1CCNCC1. The molecular formula is C15H22BrCl2FN2O. The van der Waals surface area contributed by atoms with E-state index in [0.29, 0.717) is 5.92 Å². The first-order chi connectivity index (χ1) is 9.68.